The molecule has 0 spiro atoms. The van der Waals surface area contributed by atoms with Crippen molar-refractivity contribution in [3.05, 3.63) is 22.7 Å². The van der Waals surface area contributed by atoms with Crippen molar-refractivity contribution in [3.8, 4) is 11.5 Å². The van der Waals surface area contributed by atoms with Crippen LogP contribution in [0.25, 0.3) is 0 Å². The third kappa shape index (κ3) is 3.77. The number of benzene rings is 1. The molecule has 0 unspecified atom stereocenters. The lowest BCUT2D eigenvalue weighted by Gasteiger charge is -2.17. The second-order valence-corrected chi connectivity index (χ2v) is 5.38. The Hall–Kier alpha value is -0.930. The third-order valence-electron chi connectivity index (χ3n) is 3.57. The average Bonchev–Trinajstić information content (AvgIpc) is 2.91. The Labute approximate surface area is 120 Å². The lowest BCUT2D eigenvalue weighted by molar-refractivity contribution is 0.200. The lowest BCUT2D eigenvalue weighted by Crippen LogP contribution is -2.13. The Kier molecular flexibility index (Phi) is 5.34. The van der Waals surface area contributed by atoms with Crippen LogP contribution < -0.4 is 14.8 Å². The summed E-state index contributed by atoms with van der Waals surface area (Å²) in [7, 11) is 3.61. The van der Waals surface area contributed by atoms with E-state index >= 15 is 0 Å². The van der Waals surface area contributed by atoms with Crippen LogP contribution in [0, 0.1) is 0 Å². The molecular formula is C15H22ClNO2. The van der Waals surface area contributed by atoms with E-state index in [1.54, 1.807) is 7.11 Å². The van der Waals surface area contributed by atoms with Crippen LogP contribution in [0.5, 0.6) is 11.5 Å². The Morgan fingerprint density at radius 1 is 1.26 bits per heavy atom. The molecule has 3 nitrogen and oxygen atoms in total. The van der Waals surface area contributed by atoms with E-state index in [9.17, 15) is 0 Å². The van der Waals surface area contributed by atoms with Gasteiger partial charge in [-0.3, -0.25) is 0 Å². The van der Waals surface area contributed by atoms with Gasteiger partial charge < -0.3 is 14.8 Å². The molecule has 1 fully saturated rings. The second-order valence-electron chi connectivity index (χ2n) is 4.97. The molecule has 0 heterocycles. The Morgan fingerprint density at radius 2 is 2.00 bits per heavy atom. The number of hydrogen-bond acceptors (Lipinski definition) is 3. The maximum Gasteiger partial charge on any atom is 0.163 e. The fourth-order valence-corrected chi connectivity index (χ4v) is 2.71. The highest BCUT2D eigenvalue weighted by molar-refractivity contribution is 6.31. The first kappa shape index (κ1) is 14.5. The molecule has 0 aliphatic heterocycles. The largest absolute Gasteiger partial charge is 0.493 e. The summed E-state index contributed by atoms with van der Waals surface area (Å²) in [5, 5.41) is 3.88. The van der Waals surface area contributed by atoms with Crippen LogP contribution in [-0.2, 0) is 6.42 Å². The summed E-state index contributed by atoms with van der Waals surface area (Å²) in [4.78, 5) is 0. The normalized spacial score (nSPS) is 15.7. The Bertz CT molecular complexity index is 417. The number of nitrogens with one attached hydrogen (secondary N) is 1. The summed E-state index contributed by atoms with van der Waals surface area (Å²) < 4.78 is 11.4. The minimum atomic E-state index is 0.313. The van der Waals surface area contributed by atoms with Crippen LogP contribution in [0.15, 0.2) is 12.1 Å². The van der Waals surface area contributed by atoms with Crippen molar-refractivity contribution in [3.63, 3.8) is 0 Å². The van der Waals surface area contributed by atoms with Crippen molar-refractivity contribution in [2.45, 2.75) is 38.2 Å². The molecule has 2 rings (SSSR count). The third-order valence-corrected chi connectivity index (χ3v) is 3.92. The van der Waals surface area contributed by atoms with Crippen LogP contribution in [0.1, 0.15) is 31.2 Å². The highest BCUT2D eigenvalue weighted by Gasteiger charge is 2.19. The zero-order valence-electron chi connectivity index (χ0n) is 11.7. The van der Waals surface area contributed by atoms with Gasteiger partial charge in [0.05, 0.1) is 13.2 Å². The molecule has 106 valence electrons. The molecule has 1 N–H and O–H groups in total. The minimum absolute atomic E-state index is 0.313. The molecule has 1 aromatic rings. The fourth-order valence-electron chi connectivity index (χ4n) is 2.47. The van der Waals surface area contributed by atoms with Crippen LogP contribution in [0.3, 0.4) is 0 Å². The van der Waals surface area contributed by atoms with E-state index in [0.29, 0.717) is 6.10 Å². The smallest absolute Gasteiger partial charge is 0.163 e. The first-order chi connectivity index (χ1) is 9.24. The van der Waals surface area contributed by atoms with E-state index < -0.39 is 0 Å². The highest BCUT2D eigenvalue weighted by atomic mass is 35.5. The summed E-state index contributed by atoms with van der Waals surface area (Å²) in [6, 6.07) is 3.88. The van der Waals surface area contributed by atoms with Gasteiger partial charge in [0.15, 0.2) is 11.5 Å². The summed E-state index contributed by atoms with van der Waals surface area (Å²) in [6.07, 6.45) is 5.95. The van der Waals surface area contributed by atoms with Crippen molar-refractivity contribution in [2.75, 3.05) is 20.7 Å². The molecule has 0 aromatic heterocycles. The van der Waals surface area contributed by atoms with Gasteiger partial charge in [0.25, 0.3) is 0 Å². The standard InChI is InChI=1S/C15H22ClNO2/c1-17-8-7-11-9-14(18-2)15(10-13(11)16)19-12-5-3-4-6-12/h9-10,12,17H,3-8H2,1-2H3. The number of halogens is 1. The first-order valence-electron chi connectivity index (χ1n) is 6.92. The summed E-state index contributed by atoms with van der Waals surface area (Å²) in [5.41, 5.74) is 1.09. The second kappa shape index (κ2) is 7.01. The van der Waals surface area contributed by atoms with E-state index in [1.165, 1.54) is 12.8 Å². The monoisotopic (exact) mass is 283 g/mol. The molecule has 0 atom stereocenters. The van der Waals surface area contributed by atoms with Gasteiger partial charge in [-0.05, 0) is 57.3 Å². The maximum absolute atomic E-state index is 6.32. The number of rotatable bonds is 6. The van der Waals surface area contributed by atoms with Crippen molar-refractivity contribution in [1.82, 2.24) is 5.32 Å². The molecule has 0 radical (unpaired) electrons. The van der Waals surface area contributed by atoms with Gasteiger partial charge in [-0.25, -0.2) is 0 Å². The quantitative estimate of drug-likeness (QED) is 0.868. The van der Waals surface area contributed by atoms with E-state index in [-0.39, 0.29) is 0 Å². The van der Waals surface area contributed by atoms with Crippen molar-refractivity contribution >= 4 is 11.6 Å². The molecule has 0 saturated heterocycles. The molecule has 1 aliphatic rings. The van der Waals surface area contributed by atoms with Crippen LogP contribution in [0.4, 0.5) is 0 Å². The van der Waals surface area contributed by atoms with Gasteiger partial charge in [0, 0.05) is 11.1 Å². The summed E-state index contributed by atoms with van der Waals surface area (Å²) in [6.45, 7) is 0.895. The zero-order valence-corrected chi connectivity index (χ0v) is 12.4. The van der Waals surface area contributed by atoms with Gasteiger partial charge in [0.1, 0.15) is 0 Å². The van der Waals surface area contributed by atoms with Gasteiger partial charge in [-0.2, -0.15) is 0 Å². The van der Waals surface area contributed by atoms with E-state index in [4.69, 9.17) is 21.1 Å². The van der Waals surface area contributed by atoms with Gasteiger partial charge in [-0.1, -0.05) is 11.6 Å². The van der Waals surface area contributed by atoms with Crippen LogP contribution in [-0.4, -0.2) is 26.8 Å². The molecule has 1 saturated carbocycles. The molecule has 19 heavy (non-hydrogen) atoms. The van der Waals surface area contributed by atoms with Gasteiger partial charge in [0.2, 0.25) is 0 Å². The summed E-state index contributed by atoms with van der Waals surface area (Å²) >= 11 is 6.32. The fraction of sp³-hybridized carbons (Fsp3) is 0.600. The number of hydrogen-bond donors (Lipinski definition) is 1. The lowest BCUT2D eigenvalue weighted by atomic mass is 10.1. The highest BCUT2D eigenvalue weighted by Crippen LogP contribution is 2.36. The van der Waals surface area contributed by atoms with Crippen molar-refractivity contribution < 1.29 is 9.47 Å². The first-order valence-corrected chi connectivity index (χ1v) is 7.30. The van der Waals surface area contributed by atoms with Gasteiger partial charge >= 0.3 is 0 Å². The Morgan fingerprint density at radius 3 is 2.63 bits per heavy atom. The molecule has 0 amide bonds. The predicted octanol–water partition coefficient (Wildman–Crippen LogP) is 3.43. The number of likely N-dealkylation sites (N-methyl/N-ethyl adjacent to an activating group) is 1. The predicted molar refractivity (Wildman–Crippen MR) is 78.5 cm³/mol. The van der Waals surface area contributed by atoms with Crippen LogP contribution >= 0.6 is 11.6 Å². The molecule has 4 heteroatoms. The van der Waals surface area contributed by atoms with E-state index in [0.717, 1.165) is 47.9 Å². The van der Waals surface area contributed by atoms with Crippen LogP contribution in [0.2, 0.25) is 5.02 Å². The van der Waals surface area contributed by atoms with Crippen molar-refractivity contribution in [2.24, 2.45) is 0 Å². The average molecular weight is 284 g/mol. The maximum atomic E-state index is 6.32. The number of methoxy groups -OCH3 is 1. The topological polar surface area (TPSA) is 30.5 Å². The summed E-state index contributed by atoms with van der Waals surface area (Å²) in [5.74, 6) is 1.55. The van der Waals surface area contributed by atoms with E-state index in [1.807, 2.05) is 19.2 Å². The van der Waals surface area contributed by atoms with Gasteiger partial charge in [-0.15, -0.1) is 0 Å². The minimum Gasteiger partial charge on any atom is -0.493 e. The molecule has 0 bridgehead atoms. The SMILES string of the molecule is CNCCc1cc(OC)c(OC2CCCC2)cc1Cl. The molecule has 1 aromatic carbocycles. The number of ether oxygens (including phenoxy) is 2. The zero-order chi connectivity index (χ0) is 13.7. The Balaban J connectivity index is 2.15. The van der Waals surface area contributed by atoms with Crippen molar-refractivity contribution in [1.29, 1.82) is 0 Å². The molecule has 1 aliphatic carbocycles. The van der Waals surface area contributed by atoms with E-state index in [2.05, 4.69) is 5.32 Å². The molecular weight excluding hydrogens is 262 g/mol.